The number of hydrogen-bond acceptors (Lipinski definition) is 2. The first-order valence-electron chi connectivity index (χ1n) is 6.68. The van der Waals surface area contributed by atoms with Crippen LogP contribution in [0.15, 0.2) is 18.2 Å². The number of nitrogens with one attached hydrogen (secondary N) is 1. The van der Waals surface area contributed by atoms with Gasteiger partial charge in [-0.3, -0.25) is 0 Å². The summed E-state index contributed by atoms with van der Waals surface area (Å²) in [5.41, 5.74) is 0.407. The minimum atomic E-state index is -0.757. The van der Waals surface area contributed by atoms with Crippen LogP contribution in [0.3, 0.4) is 0 Å². The quantitative estimate of drug-likeness (QED) is 0.870. The minimum absolute atomic E-state index is 0.407. The maximum atomic E-state index is 13.8. The standard InChI is InChI=1S/C14H18F2N2/c15-11-3-1-4-13(14(11)16)18-8-2-7-17-12(9-18)10-5-6-10/h1,3-4,10,12,17H,2,5-9H2. The SMILES string of the molecule is Fc1cccc(N2CCCNC(C3CC3)C2)c1F. The Labute approximate surface area is 106 Å². The van der Waals surface area contributed by atoms with Crippen molar-refractivity contribution in [2.45, 2.75) is 25.3 Å². The highest BCUT2D eigenvalue weighted by molar-refractivity contribution is 5.48. The molecule has 18 heavy (non-hydrogen) atoms. The second-order valence-corrected chi connectivity index (χ2v) is 5.27. The van der Waals surface area contributed by atoms with E-state index in [1.165, 1.54) is 18.9 Å². The summed E-state index contributed by atoms with van der Waals surface area (Å²) in [6.07, 6.45) is 3.49. The van der Waals surface area contributed by atoms with E-state index in [4.69, 9.17) is 0 Å². The van der Waals surface area contributed by atoms with Crippen molar-refractivity contribution in [3.8, 4) is 0 Å². The second-order valence-electron chi connectivity index (χ2n) is 5.27. The molecule has 2 fully saturated rings. The van der Waals surface area contributed by atoms with Crippen LogP contribution in [0.25, 0.3) is 0 Å². The monoisotopic (exact) mass is 252 g/mol. The lowest BCUT2D eigenvalue weighted by atomic mass is 10.1. The Morgan fingerprint density at radius 3 is 2.83 bits per heavy atom. The first kappa shape index (κ1) is 11.9. The van der Waals surface area contributed by atoms with Crippen LogP contribution in [0.1, 0.15) is 19.3 Å². The lowest BCUT2D eigenvalue weighted by Crippen LogP contribution is -2.39. The van der Waals surface area contributed by atoms with Gasteiger partial charge in [-0.25, -0.2) is 8.78 Å². The van der Waals surface area contributed by atoms with Gasteiger partial charge in [0.15, 0.2) is 11.6 Å². The van der Waals surface area contributed by atoms with E-state index in [0.29, 0.717) is 11.7 Å². The van der Waals surface area contributed by atoms with Gasteiger partial charge in [-0.15, -0.1) is 0 Å². The molecule has 1 aliphatic carbocycles. The van der Waals surface area contributed by atoms with Gasteiger partial charge in [0, 0.05) is 19.1 Å². The molecular formula is C14H18F2N2. The van der Waals surface area contributed by atoms with Crippen molar-refractivity contribution in [1.29, 1.82) is 0 Å². The van der Waals surface area contributed by atoms with E-state index < -0.39 is 11.6 Å². The highest BCUT2D eigenvalue weighted by Gasteiger charge is 2.33. The zero-order chi connectivity index (χ0) is 12.5. The van der Waals surface area contributed by atoms with Crippen LogP contribution in [0, 0.1) is 17.6 Å². The van der Waals surface area contributed by atoms with Gasteiger partial charge in [0.25, 0.3) is 0 Å². The molecule has 1 saturated carbocycles. The van der Waals surface area contributed by atoms with Gasteiger partial charge < -0.3 is 10.2 Å². The van der Waals surface area contributed by atoms with Crippen LogP contribution in [0.4, 0.5) is 14.5 Å². The first-order valence-corrected chi connectivity index (χ1v) is 6.68. The smallest absolute Gasteiger partial charge is 0.182 e. The zero-order valence-corrected chi connectivity index (χ0v) is 10.3. The number of halogens is 2. The van der Waals surface area contributed by atoms with Crippen molar-refractivity contribution in [2.24, 2.45) is 5.92 Å². The topological polar surface area (TPSA) is 15.3 Å². The Morgan fingerprint density at radius 1 is 1.22 bits per heavy atom. The Hall–Kier alpha value is -1.16. The molecule has 2 nitrogen and oxygen atoms in total. The number of hydrogen-bond donors (Lipinski definition) is 1. The van der Waals surface area contributed by atoms with Gasteiger partial charge >= 0.3 is 0 Å². The third kappa shape index (κ3) is 2.34. The van der Waals surface area contributed by atoms with Crippen molar-refractivity contribution in [1.82, 2.24) is 5.32 Å². The number of anilines is 1. The van der Waals surface area contributed by atoms with E-state index in [1.807, 2.05) is 4.90 Å². The summed E-state index contributed by atoms with van der Waals surface area (Å²) >= 11 is 0. The summed E-state index contributed by atoms with van der Waals surface area (Å²) in [6.45, 7) is 2.54. The number of nitrogens with zero attached hydrogens (tertiary/aromatic N) is 1. The van der Waals surface area contributed by atoms with E-state index in [-0.39, 0.29) is 0 Å². The van der Waals surface area contributed by atoms with Gasteiger partial charge in [0.05, 0.1) is 5.69 Å². The fraction of sp³-hybridized carbons (Fsp3) is 0.571. The van der Waals surface area contributed by atoms with Crippen molar-refractivity contribution >= 4 is 5.69 Å². The largest absolute Gasteiger partial charge is 0.367 e. The molecule has 1 unspecified atom stereocenters. The molecule has 0 aromatic heterocycles. The molecular weight excluding hydrogens is 234 g/mol. The highest BCUT2D eigenvalue weighted by Crippen LogP contribution is 2.34. The fourth-order valence-electron chi connectivity index (χ4n) is 2.72. The molecule has 0 bridgehead atoms. The summed E-state index contributed by atoms with van der Waals surface area (Å²) in [4.78, 5) is 1.99. The summed E-state index contributed by atoms with van der Waals surface area (Å²) in [5.74, 6) is -0.746. The Morgan fingerprint density at radius 2 is 2.06 bits per heavy atom. The number of rotatable bonds is 2. The second kappa shape index (κ2) is 4.84. The average Bonchev–Trinajstić information content (AvgIpc) is 3.16. The third-order valence-corrected chi connectivity index (χ3v) is 3.89. The molecule has 1 atom stereocenters. The highest BCUT2D eigenvalue weighted by atomic mass is 19.2. The van der Waals surface area contributed by atoms with Crippen molar-refractivity contribution in [3.63, 3.8) is 0 Å². The van der Waals surface area contributed by atoms with Gasteiger partial charge in [-0.1, -0.05) is 6.07 Å². The number of benzene rings is 1. The van der Waals surface area contributed by atoms with Crippen LogP contribution in [-0.2, 0) is 0 Å². The van der Waals surface area contributed by atoms with Crippen LogP contribution >= 0.6 is 0 Å². The maximum absolute atomic E-state index is 13.8. The van der Waals surface area contributed by atoms with Gasteiger partial charge in [-0.05, 0) is 43.9 Å². The molecule has 98 valence electrons. The maximum Gasteiger partial charge on any atom is 0.182 e. The average molecular weight is 252 g/mol. The lowest BCUT2D eigenvalue weighted by molar-refractivity contribution is 0.481. The normalized spacial score (nSPS) is 25.0. The minimum Gasteiger partial charge on any atom is -0.367 e. The molecule has 0 radical (unpaired) electrons. The van der Waals surface area contributed by atoms with Gasteiger partial charge in [-0.2, -0.15) is 0 Å². The molecule has 1 aromatic rings. The molecule has 1 saturated heterocycles. The van der Waals surface area contributed by atoms with Crippen LogP contribution in [-0.4, -0.2) is 25.7 Å². The predicted octanol–water partition coefficient (Wildman–Crippen LogP) is 2.54. The molecule has 1 aromatic carbocycles. The molecule has 2 aliphatic rings. The fourth-order valence-corrected chi connectivity index (χ4v) is 2.72. The predicted molar refractivity (Wildman–Crippen MR) is 67.7 cm³/mol. The van der Waals surface area contributed by atoms with Crippen LogP contribution in [0.5, 0.6) is 0 Å². The van der Waals surface area contributed by atoms with E-state index in [1.54, 1.807) is 12.1 Å². The van der Waals surface area contributed by atoms with E-state index >= 15 is 0 Å². The lowest BCUT2D eigenvalue weighted by Gasteiger charge is -2.26. The molecule has 1 heterocycles. The van der Waals surface area contributed by atoms with E-state index in [9.17, 15) is 8.78 Å². The van der Waals surface area contributed by atoms with E-state index in [0.717, 1.165) is 32.0 Å². The van der Waals surface area contributed by atoms with E-state index in [2.05, 4.69) is 5.32 Å². The van der Waals surface area contributed by atoms with Crippen molar-refractivity contribution in [3.05, 3.63) is 29.8 Å². The van der Waals surface area contributed by atoms with Crippen LogP contribution < -0.4 is 10.2 Å². The van der Waals surface area contributed by atoms with Gasteiger partial charge in [0.1, 0.15) is 0 Å². The Bertz CT molecular complexity index is 432. The molecule has 1 N–H and O–H groups in total. The summed E-state index contributed by atoms with van der Waals surface area (Å²) in [5, 5.41) is 3.52. The van der Waals surface area contributed by atoms with Gasteiger partial charge in [0.2, 0.25) is 0 Å². The van der Waals surface area contributed by atoms with Crippen molar-refractivity contribution < 1.29 is 8.78 Å². The van der Waals surface area contributed by atoms with Crippen molar-refractivity contribution in [2.75, 3.05) is 24.5 Å². The summed E-state index contributed by atoms with van der Waals surface area (Å²) in [7, 11) is 0. The molecule has 4 heteroatoms. The molecule has 0 amide bonds. The summed E-state index contributed by atoms with van der Waals surface area (Å²) in [6, 6.07) is 4.86. The molecule has 0 spiro atoms. The molecule has 1 aliphatic heterocycles. The zero-order valence-electron chi connectivity index (χ0n) is 10.3. The summed E-state index contributed by atoms with van der Waals surface area (Å²) < 4.78 is 27.1. The third-order valence-electron chi connectivity index (χ3n) is 3.89. The van der Waals surface area contributed by atoms with Crippen LogP contribution in [0.2, 0.25) is 0 Å². The Balaban J connectivity index is 1.82. The Kier molecular flexibility index (Phi) is 3.20. The first-order chi connectivity index (χ1) is 8.75. The molecule has 3 rings (SSSR count).